The van der Waals surface area contributed by atoms with Crippen LogP contribution in [0, 0.1) is 13.8 Å². The summed E-state index contributed by atoms with van der Waals surface area (Å²) in [6, 6.07) is 0. The normalized spacial score (nSPS) is 14.3. The highest BCUT2D eigenvalue weighted by atomic mass is 16.5. The maximum atomic E-state index is 12.6. The number of hydrogen-bond donors (Lipinski definition) is 0. The van der Waals surface area contributed by atoms with Crippen LogP contribution in [0.25, 0.3) is 0 Å². The van der Waals surface area contributed by atoms with Crippen LogP contribution in [0.3, 0.4) is 0 Å². The second-order valence-corrected chi connectivity index (χ2v) is 4.93. The molecule has 0 fully saturated rings. The summed E-state index contributed by atoms with van der Waals surface area (Å²) in [6.07, 6.45) is 1.06. The third-order valence-electron chi connectivity index (χ3n) is 3.57. The van der Waals surface area contributed by atoms with Gasteiger partial charge >= 0.3 is 5.97 Å². The van der Waals surface area contributed by atoms with Crippen LogP contribution in [0.2, 0.25) is 0 Å². The summed E-state index contributed by atoms with van der Waals surface area (Å²) in [4.78, 5) is 36.8. The zero-order valence-electron chi connectivity index (χ0n) is 13.6. The van der Waals surface area contributed by atoms with Gasteiger partial charge in [0.05, 0.1) is 18.8 Å². The SMILES string of the molecule is CCOC=NN1C(=O)Cn2c(C)c(C(=O)OCC)c(C)c2C1=O. The van der Waals surface area contributed by atoms with Crippen molar-refractivity contribution in [1.29, 1.82) is 0 Å². The van der Waals surface area contributed by atoms with Crippen molar-refractivity contribution in [3.8, 4) is 0 Å². The van der Waals surface area contributed by atoms with Crippen molar-refractivity contribution in [3.63, 3.8) is 0 Å². The first-order chi connectivity index (χ1) is 10.9. The molecule has 0 spiro atoms. The van der Waals surface area contributed by atoms with Crippen molar-refractivity contribution in [1.82, 2.24) is 9.58 Å². The van der Waals surface area contributed by atoms with Crippen LogP contribution in [0.5, 0.6) is 0 Å². The number of aromatic nitrogens is 1. The van der Waals surface area contributed by atoms with E-state index in [1.165, 1.54) is 4.57 Å². The molecule has 2 rings (SSSR count). The van der Waals surface area contributed by atoms with Crippen LogP contribution in [0.15, 0.2) is 5.10 Å². The summed E-state index contributed by atoms with van der Waals surface area (Å²) >= 11 is 0. The molecule has 0 bridgehead atoms. The van der Waals surface area contributed by atoms with Gasteiger partial charge in [0.15, 0.2) is 6.40 Å². The molecule has 23 heavy (non-hydrogen) atoms. The highest BCUT2D eigenvalue weighted by molar-refractivity contribution is 6.09. The lowest BCUT2D eigenvalue weighted by Gasteiger charge is -2.23. The lowest BCUT2D eigenvalue weighted by atomic mass is 10.1. The van der Waals surface area contributed by atoms with Gasteiger partial charge in [-0.3, -0.25) is 9.59 Å². The molecule has 0 saturated carbocycles. The number of hydrazone groups is 1. The Morgan fingerprint density at radius 1 is 1.26 bits per heavy atom. The standard InChI is InChI=1S/C15H19N3O5/c1-5-22-8-16-18-11(19)7-17-10(4)12(15(21)23-6-2)9(3)13(17)14(18)20/h8H,5-7H2,1-4H3. The summed E-state index contributed by atoms with van der Waals surface area (Å²) in [7, 11) is 0. The lowest BCUT2D eigenvalue weighted by Crippen LogP contribution is -2.42. The van der Waals surface area contributed by atoms with Gasteiger partial charge < -0.3 is 14.0 Å². The number of rotatable bonds is 5. The molecule has 1 aromatic heterocycles. The molecule has 0 atom stereocenters. The molecular formula is C15H19N3O5. The van der Waals surface area contributed by atoms with Gasteiger partial charge in [-0.05, 0) is 33.3 Å². The Morgan fingerprint density at radius 3 is 2.57 bits per heavy atom. The van der Waals surface area contributed by atoms with Gasteiger partial charge in [0.2, 0.25) is 0 Å². The van der Waals surface area contributed by atoms with Crippen molar-refractivity contribution in [2.75, 3.05) is 13.2 Å². The van der Waals surface area contributed by atoms with E-state index in [-0.39, 0.29) is 18.8 Å². The number of imide groups is 1. The Hall–Kier alpha value is -2.64. The number of ether oxygens (including phenoxy) is 2. The Bertz CT molecular complexity index is 690. The molecule has 0 N–H and O–H groups in total. The highest BCUT2D eigenvalue weighted by Crippen LogP contribution is 2.27. The summed E-state index contributed by atoms with van der Waals surface area (Å²) in [5.74, 6) is -1.59. The second kappa shape index (κ2) is 6.64. The quantitative estimate of drug-likeness (QED) is 0.352. The second-order valence-electron chi connectivity index (χ2n) is 4.93. The van der Waals surface area contributed by atoms with E-state index in [2.05, 4.69) is 5.10 Å². The van der Waals surface area contributed by atoms with Crippen LogP contribution >= 0.6 is 0 Å². The molecule has 0 saturated heterocycles. The van der Waals surface area contributed by atoms with E-state index in [9.17, 15) is 14.4 Å². The zero-order chi connectivity index (χ0) is 17.1. The fourth-order valence-corrected chi connectivity index (χ4v) is 2.56. The molecule has 1 aliphatic heterocycles. The van der Waals surface area contributed by atoms with Crippen molar-refractivity contribution in [2.24, 2.45) is 5.10 Å². The maximum absolute atomic E-state index is 12.6. The summed E-state index contributed by atoms with van der Waals surface area (Å²) < 4.78 is 11.5. The van der Waals surface area contributed by atoms with Crippen LogP contribution in [0.1, 0.15) is 46.0 Å². The molecule has 8 heteroatoms. The largest absolute Gasteiger partial charge is 0.482 e. The molecular weight excluding hydrogens is 302 g/mol. The fourth-order valence-electron chi connectivity index (χ4n) is 2.56. The number of carbonyl (C=O) groups is 3. The van der Waals surface area contributed by atoms with Gasteiger partial charge in [-0.2, -0.15) is 5.01 Å². The molecule has 0 radical (unpaired) electrons. The third kappa shape index (κ3) is 2.84. The summed E-state index contributed by atoms with van der Waals surface area (Å²) in [6.45, 7) is 7.34. The van der Waals surface area contributed by atoms with Crippen LogP contribution in [-0.4, -0.2) is 47.0 Å². The number of fused-ring (bicyclic) bond motifs is 1. The Labute approximate surface area is 133 Å². The average Bonchev–Trinajstić information content (AvgIpc) is 2.74. The third-order valence-corrected chi connectivity index (χ3v) is 3.57. The predicted octanol–water partition coefficient (Wildman–Crippen LogP) is 1.24. The van der Waals surface area contributed by atoms with Gasteiger partial charge in [-0.1, -0.05) is 0 Å². The minimum Gasteiger partial charge on any atom is -0.482 e. The van der Waals surface area contributed by atoms with E-state index in [0.717, 1.165) is 11.4 Å². The number of nitrogens with zero attached hydrogens (tertiary/aromatic N) is 3. The van der Waals surface area contributed by atoms with Crippen LogP contribution in [0.4, 0.5) is 0 Å². The van der Waals surface area contributed by atoms with E-state index >= 15 is 0 Å². The van der Waals surface area contributed by atoms with Gasteiger partial charge in [-0.25, -0.2) is 4.79 Å². The molecule has 1 aliphatic rings. The van der Waals surface area contributed by atoms with E-state index < -0.39 is 17.8 Å². The Kier molecular flexibility index (Phi) is 4.83. The van der Waals surface area contributed by atoms with E-state index in [4.69, 9.17) is 9.47 Å². The topological polar surface area (TPSA) is 90.2 Å². The van der Waals surface area contributed by atoms with Crippen LogP contribution in [-0.2, 0) is 20.8 Å². The van der Waals surface area contributed by atoms with Crippen molar-refractivity contribution in [2.45, 2.75) is 34.2 Å². The van der Waals surface area contributed by atoms with Gasteiger partial charge in [0.25, 0.3) is 11.8 Å². The molecule has 0 aromatic carbocycles. The minimum absolute atomic E-state index is 0.0728. The minimum atomic E-state index is -0.589. The number of hydrogen-bond acceptors (Lipinski definition) is 6. The molecule has 0 unspecified atom stereocenters. The predicted molar refractivity (Wildman–Crippen MR) is 81.2 cm³/mol. The maximum Gasteiger partial charge on any atom is 0.340 e. The lowest BCUT2D eigenvalue weighted by molar-refractivity contribution is -0.130. The summed E-state index contributed by atoms with van der Waals surface area (Å²) in [5, 5.41) is 4.51. The molecule has 8 nitrogen and oxygen atoms in total. The summed E-state index contributed by atoms with van der Waals surface area (Å²) in [5.41, 5.74) is 1.60. The van der Waals surface area contributed by atoms with E-state index in [1.54, 1.807) is 27.7 Å². The van der Waals surface area contributed by atoms with E-state index in [0.29, 0.717) is 23.4 Å². The highest BCUT2D eigenvalue weighted by Gasteiger charge is 2.37. The molecule has 2 amide bonds. The first kappa shape index (κ1) is 16.7. The first-order valence-corrected chi connectivity index (χ1v) is 7.32. The number of carbonyl (C=O) groups excluding carboxylic acids is 3. The smallest absolute Gasteiger partial charge is 0.340 e. The van der Waals surface area contributed by atoms with Gasteiger partial charge in [0, 0.05) is 5.69 Å². The number of amides is 2. The molecule has 124 valence electrons. The van der Waals surface area contributed by atoms with Crippen molar-refractivity contribution in [3.05, 3.63) is 22.5 Å². The Morgan fingerprint density at radius 2 is 1.96 bits per heavy atom. The number of esters is 1. The first-order valence-electron chi connectivity index (χ1n) is 7.32. The van der Waals surface area contributed by atoms with Gasteiger partial charge in [0.1, 0.15) is 12.2 Å². The van der Waals surface area contributed by atoms with Crippen molar-refractivity contribution < 1.29 is 23.9 Å². The monoisotopic (exact) mass is 321 g/mol. The fraction of sp³-hybridized carbons (Fsp3) is 0.467. The van der Waals surface area contributed by atoms with Gasteiger partial charge in [-0.15, -0.1) is 5.10 Å². The Balaban J connectivity index is 2.46. The molecule has 1 aromatic rings. The molecule has 0 aliphatic carbocycles. The average molecular weight is 321 g/mol. The van der Waals surface area contributed by atoms with Crippen LogP contribution < -0.4 is 0 Å². The zero-order valence-corrected chi connectivity index (χ0v) is 13.6. The van der Waals surface area contributed by atoms with E-state index in [1.807, 2.05) is 0 Å². The molecule has 2 heterocycles. The van der Waals surface area contributed by atoms with Crippen molar-refractivity contribution >= 4 is 24.2 Å².